The topological polar surface area (TPSA) is 122 Å². The molecule has 0 saturated heterocycles. The number of carboxylic acids is 2. The summed E-state index contributed by atoms with van der Waals surface area (Å²) in [6.45, 7) is 0. The van der Waals surface area contributed by atoms with Crippen LogP contribution in [0.5, 0.6) is 0 Å². The molecule has 0 amide bonds. The second-order valence-electron chi connectivity index (χ2n) is 3.41. The van der Waals surface area contributed by atoms with E-state index in [0.717, 1.165) is 0 Å². The molecule has 1 aromatic rings. The second-order valence-corrected chi connectivity index (χ2v) is 3.41. The van der Waals surface area contributed by atoms with Crippen molar-refractivity contribution in [2.45, 2.75) is 12.8 Å². The van der Waals surface area contributed by atoms with Gasteiger partial charge < -0.3 is 10.2 Å². The van der Waals surface area contributed by atoms with Crippen LogP contribution >= 0.6 is 0 Å². The van der Waals surface area contributed by atoms with Gasteiger partial charge in [-0.05, 0) is 17.2 Å². The Labute approximate surface area is 102 Å². The van der Waals surface area contributed by atoms with Gasteiger partial charge >= 0.3 is 11.9 Å². The van der Waals surface area contributed by atoms with Crippen LogP contribution < -0.4 is 0 Å². The van der Waals surface area contributed by atoms with Crippen LogP contribution in [-0.2, 0) is 12.8 Å². The molecule has 6 nitrogen and oxygen atoms in total. The van der Waals surface area contributed by atoms with Crippen LogP contribution in [0, 0.1) is 22.7 Å². The minimum absolute atomic E-state index is 0.0646. The maximum atomic E-state index is 11.2. The molecule has 2 N–H and O–H groups in total. The number of hydrogen-bond acceptors (Lipinski definition) is 4. The van der Waals surface area contributed by atoms with Crippen molar-refractivity contribution in [2.24, 2.45) is 0 Å². The Balaban J connectivity index is 3.61. The highest BCUT2D eigenvalue weighted by Crippen LogP contribution is 2.21. The van der Waals surface area contributed by atoms with E-state index in [1.807, 2.05) is 0 Å². The molecule has 0 fully saturated rings. The fraction of sp³-hybridized carbons (Fsp3) is 0.167. The van der Waals surface area contributed by atoms with Gasteiger partial charge in [-0.25, -0.2) is 9.59 Å². The third kappa shape index (κ3) is 2.45. The summed E-state index contributed by atoms with van der Waals surface area (Å²) in [7, 11) is 0. The van der Waals surface area contributed by atoms with E-state index in [4.69, 9.17) is 20.7 Å². The zero-order chi connectivity index (χ0) is 13.7. The molecule has 90 valence electrons. The molecule has 6 heteroatoms. The largest absolute Gasteiger partial charge is 0.478 e. The van der Waals surface area contributed by atoms with E-state index >= 15 is 0 Å². The smallest absolute Gasteiger partial charge is 0.336 e. The highest BCUT2D eigenvalue weighted by Gasteiger charge is 2.21. The standard InChI is InChI=1S/C12H8N2O4/c13-5-3-7-1-2-9(11(15)16)8(4-6-14)10(7)12(17)18/h1-2H,3-4H2,(H,15,16)(H,17,18). The van der Waals surface area contributed by atoms with Crippen LogP contribution in [0.15, 0.2) is 12.1 Å². The van der Waals surface area contributed by atoms with Gasteiger partial charge in [-0.3, -0.25) is 0 Å². The Morgan fingerprint density at radius 3 is 2.11 bits per heavy atom. The van der Waals surface area contributed by atoms with E-state index in [9.17, 15) is 9.59 Å². The minimum atomic E-state index is -1.34. The third-order valence-corrected chi connectivity index (χ3v) is 2.37. The number of nitriles is 2. The summed E-state index contributed by atoms with van der Waals surface area (Å²) in [5.74, 6) is -2.64. The summed E-state index contributed by atoms with van der Waals surface area (Å²) in [6.07, 6.45) is -0.484. The first-order chi connectivity index (χ1) is 8.52. The van der Waals surface area contributed by atoms with Crippen molar-refractivity contribution in [3.05, 3.63) is 34.4 Å². The molecule has 0 atom stereocenters. The molecule has 1 aromatic carbocycles. The molecule has 0 aromatic heterocycles. The molecule has 0 saturated carbocycles. The van der Waals surface area contributed by atoms with Crippen molar-refractivity contribution in [3.8, 4) is 12.1 Å². The van der Waals surface area contributed by atoms with Gasteiger partial charge in [-0.1, -0.05) is 6.07 Å². The average molecular weight is 244 g/mol. The molecular weight excluding hydrogens is 236 g/mol. The van der Waals surface area contributed by atoms with Crippen LogP contribution in [0.25, 0.3) is 0 Å². The van der Waals surface area contributed by atoms with E-state index in [-0.39, 0.29) is 35.1 Å². The van der Waals surface area contributed by atoms with E-state index in [0.29, 0.717) is 0 Å². The Hall–Kier alpha value is -2.86. The van der Waals surface area contributed by atoms with Gasteiger partial charge in [0.05, 0.1) is 36.1 Å². The molecule has 18 heavy (non-hydrogen) atoms. The maximum Gasteiger partial charge on any atom is 0.336 e. The normalized spacial score (nSPS) is 9.22. The van der Waals surface area contributed by atoms with Gasteiger partial charge in [0.25, 0.3) is 0 Å². The quantitative estimate of drug-likeness (QED) is 0.820. The lowest BCUT2D eigenvalue weighted by molar-refractivity contribution is 0.0695. The Morgan fingerprint density at radius 1 is 1.06 bits per heavy atom. The molecule has 0 aliphatic heterocycles. The number of nitrogens with zero attached hydrogens (tertiary/aromatic N) is 2. The molecule has 0 spiro atoms. The van der Waals surface area contributed by atoms with E-state index in [1.54, 1.807) is 12.1 Å². The zero-order valence-corrected chi connectivity index (χ0v) is 9.17. The Morgan fingerprint density at radius 2 is 1.67 bits per heavy atom. The number of carbonyl (C=O) groups is 2. The summed E-state index contributed by atoms with van der Waals surface area (Å²) < 4.78 is 0. The number of rotatable bonds is 4. The van der Waals surface area contributed by atoms with Crippen LogP contribution in [0.4, 0.5) is 0 Å². The minimum Gasteiger partial charge on any atom is -0.478 e. The first-order valence-corrected chi connectivity index (χ1v) is 4.88. The third-order valence-electron chi connectivity index (χ3n) is 2.37. The Bertz CT molecular complexity index is 593. The molecule has 0 unspecified atom stereocenters. The first-order valence-electron chi connectivity index (χ1n) is 4.88. The molecule has 0 heterocycles. The number of aromatic carboxylic acids is 2. The van der Waals surface area contributed by atoms with Crippen LogP contribution in [0.3, 0.4) is 0 Å². The summed E-state index contributed by atoms with van der Waals surface area (Å²) in [5, 5.41) is 35.3. The monoisotopic (exact) mass is 244 g/mol. The number of hydrogen-bond donors (Lipinski definition) is 2. The molecule has 1 rings (SSSR count). The molecule has 0 radical (unpaired) electrons. The van der Waals surface area contributed by atoms with Crippen molar-refractivity contribution in [1.29, 1.82) is 10.5 Å². The molecule has 0 bridgehead atoms. The van der Waals surface area contributed by atoms with Crippen molar-refractivity contribution in [1.82, 2.24) is 0 Å². The maximum absolute atomic E-state index is 11.2. The van der Waals surface area contributed by atoms with Gasteiger partial charge in [-0.2, -0.15) is 10.5 Å². The zero-order valence-electron chi connectivity index (χ0n) is 9.17. The molecular formula is C12H8N2O4. The fourth-order valence-corrected chi connectivity index (χ4v) is 1.66. The van der Waals surface area contributed by atoms with Crippen LogP contribution in [-0.4, -0.2) is 22.2 Å². The number of carboxylic acid groups (broad SMARTS) is 2. The lowest BCUT2D eigenvalue weighted by atomic mass is 9.93. The van der Waals surface area contributed by atoms with Gasteiger partial charge in [0.2, 0.25) is 0 Å². The Kier molecular flexibility index (Phi) is 4.01. The van der Waals surface area contributed by atoms with E-state index in [2.05, 4.69) is 0 Å². The van der Waals surface area contributed by atoms with E-state index in [1.165, 1.54) is 12.1 Å². The van der Waals surface area contributed by atoms with Gasteiger partial charge in [0, 0.05) is 0 Å². The van der Waals surface area contributed by atoms with Crippen molar-refractivity contribution >= 4 is 11.9 Å². The van der Waals surface area contributed by atoms with Gasteiger partial charge in [-0.15, -0.1) is 0 Å². The molecule has 0 aliphatic carbocycles. The summed E-state index contributed by atoms with van der Waals surface area (Å²) >= 11 is 0. The molecule has 0 aliphatic rings. The van der Waals surface area contributed by atoms with Crippen molar-refractivity contribution in [3.63, 3.8) is 0 Å². The van der Waals surface area contributed by atoms with Gasteiger partial charge in [0.1, 0.15) is 0 Å². The fourth-order valence-electron chi connectivity index (χ4n) is 1.66. The highest BCUT2D eigenvalue weighted by molar-refractivity contribution is 5.98. The summed E-state index contributed by atoms with van der Waals surface area (Å²) in [5.41, 5.74) is -0.348. The predicted octanol–water partition coefficient (Wildman–Crippen LogP) is 1.22. The first kappa shape index (κ1) is 13.2. The summed E-state index contributed by atoms with van der Waals surface area (Å²) in [4.78, 5) is 22.1. The van der Waals surface area contributed by atoms with Crippen molar-refractivity contribution in [2.75, 3.05) is 0 Å². The summed E-state index contributed by atoms with van der Waals surface area (Å²) in [6, 6.07) is 6.04. The number of benzene rings is 1. The van der Waals surface area contributed by atoms with E-state index < -0.39 is 11.9 Å². The second kappa shape index (κ2) is 5.46. The van der Waals surface area contributed by atoms with Crippen LogP contribution in [0.2, 0.25) is 0 Å². The predicted molar refractivity (Wildman–Crippen MR) is 59.0 cm³/mol. The lowest BCUT2D eigenvalue weighted by Gasteiger charge is -2.10. The lowest BCUT2D eigenvalue weighted by Crippen LogP contribution is -2.12. The highest BCUT2D eigenvalue weighted by atomic mass is 16.4. The van der Waals surface area contributed by atoms with Gasteiger partial charge in [0.15, 0.2) is 0 Å². The SMILES string of the molecule is N#CCc1ccc(C(=O)O)c(CC#N)c1C(=O)O. The average Bonchev–Trinajstić information content (AvgIpc) is 2.29. The van der Waals surface area contributed by atoms with Crippen molar-refractivity contribution < 1.29 is 19.8 Å². The van der Waals surface area contributed by atoms with Crippen LogP contribution in [0.1, 0.15) is 31.8 Å².